The van der Waals surface area contributed by atoms with Gasteiger partial charge in [-0.3, -0.25) is 0 Å². The summed E-state index contributed by atoms with van der Waals surface area (Å²) >= 11 is 0. The van der Waals surface area contributed by atoms with Gasteiger partial charge in [-0.2, -0.15) is 4.39 Å². The van der Waals surface area contributed by atoms with E-state index in [-0.39, 0.29) is 11.6 Å². The van der Waals surface area contributed by atoms with Crippen LogP contribution in [0.5, 0.6) is 0 Å². The number of ether oxygens (including phenoxy) is 1. The van der Waals surface area contributed by atoms with Crippen molar-refractivity contribution in [1.29, 1.82) is 0 Å². The predicted molar refractivity (Wildman–Crippen MR) is 62.2 cm³/mol. The molecule has 0 bridgehead atoms. The van der Waals surface area contributed by atoms with Crippen LogP contribution in [0.1, 0.15) is 20.8 Å². The Balaban J connectivity index is 2.51. The van der Waals surface area contributed by atoms with E-state index in [4.69, 9.17) is 9.16 Å². The first-order valence-corrected chi connectivity index (χ1v) is 8.26. The highest BCUT2D eigenvalue weighted by atomic mass is 28.4. The molecule has 0 aromatic heterocycles. The second kappa shape index (κ2) is 4.29. The topological polar surface area (TPSA) is 35.5 Å². The second-order valence-electron chi connectivity index (χ2n) is 5.53. The number of carbonyl (C=O) groups excluding carboxylic acids is 1. The molecule has 0 saturated heterocycles. The molecule has 0 fully saturated rings. The van der Waals surface area contributed by atoms with Gasteiger partial charge < -0.3 is 9.16 Å². The van der Waals surface area contributed by atoms with Crippen molar-refractivity contribution >= 4 is 14.3 Å². The van der Waals surface area contributed by atoms with Gasteiger partial charge in [0.2, 0.25) is 5.83 Å². The van der Waals surface area contributed by atoms with Crippen LogP contribution in [0, 0.1) is 0 Å². The summed E-state index contributed by atoms with van der Waals surface area (Å²) in [5.41, 5.74) is 0. The van der Waals surface area contributed by atoms with E-state index in [1.807, 2.05) is 0 Å². The highest BCUT2D eigenvalue weighted by Gasteiger charge is 2.38. The Morgan fingerprint density at radius 2 is 2.06 bits per heavy atom. The first-order valence-electron chi connectivity index (χ1n) is 5.36. The van der Waals surface area contributed by atoms with Gasteiger partial charge in [-0.25, -0.2) is 4.79 Å². The summed E-state index contributed by atoms with van der Waals surface area (Å²) in [4.78, 5) is 10.8. The fourth-order valence-corrected chi connectivity index (χ4v) is 2.06. The molecule has 0 aromatic rings. The van der Waals surface area contributed by atoms with Crippen molar-refractivity contribution in [2.24, 2.45) is 0 Å². The van der Waals surface area contributed by atoms with Crippen molar-refractivity contribution in [1.82, 2.24) is 0 Å². The molecule has 1 atom stereocenters. The molecule has 92 valence electrons. The van der Waals surface area contributed by atoms with E-state index in [0.29, 0.717) is 0 Å². The number of hydrogen-bond acceptors (Lipinski definition) is 3. The van der Waals surface area contributed by atoms with Crippen LogP contribution in [-0.2, 0) is 14.0 Å². The van der Waals surface area contributed by atoms with Gasteiger partial charge in [0.1, 0.15) is 6.10 Å². The van der Waals surface area contributed by atoms with E-state index in [1.165, 1.54) is 6.08 Å². The van der Waals surface area contributed by atoms with Crippen LogP contribution in [0.4, 0.5) is 4.39 Å². The van der Waals surface area contributed by atoms with Crippen LogP contribution in [0.2, 0.25) is 18.1 Å². The zero-order chi connectivity index (χ0) is 12.6. The zero-order valence-electron chi connectivity index (χ0n) is 10.5. The van der Waals surface area contributed by atoms with Crippen molar-refractivity contribution in [3.05, 3.63) is 11.9 Å². The van der Waals surface area contributed by atoms with E-state index >= 15 is 0 Å². The number of rotatable bonds is 3. The van der Waals surface area contributed by atoms with Crippen molar-refractivity contribution in [3.63, 3.8) is 0 Å². The minimum Gasteiger partial charge on any atom is -0.450 e. The Kier molecular flexibility index (Phi) is 3.59. The fourth-order valence-electron chi connectivity index (χ4n) is 1.05. The van der Waals surface area contributed by atoms with Gasteiger partial charge >= 0.3 is 5.97 Å². The molecule has 16 heavy (non-hydrogen) atoms. The predicted octanol–water partition coefficient (Wildman–Crippen LogP) is 2.79. The third kappa shape index (κ3) is 2.92. The van der Waals surface area contributed by atoms with Gasteiger partial charge in [0.05, 0.1) is 6.61 Å². The highest BCUT2D eigenvalue weighted by Crippen LogP contribution is 2.36. The minimum atomic E-state index is -1.86. The molecule has 1 rings (SSSR count). The molecule has 0 spiro atoms. The minimum absolute atomic E-state index is 0.0951. The van der Waals surface area contributed by atoms with Crippen molar-refractivity contribution < 1.29 is 18.3 Å². The molecule has 1 aliphatic heterocycles. The van der Waals surface area contributed by atoms with Crippen LogP contribution in [0.3, 0.4) is 0 Å². The monoisotopic (exact) mass is 246 g/mol. The third-order valence-corrected chi connectivity index (χ3v) is 7.70. The van der Waals surface area contributed by atoms with Crippen molar-refractivity contribution in [2.45, 2.75) is 45.0 Å². The molecule has 0 amide bonds. The SMILES string of the molecule is CC(C)(C)[Si](C)(C)OC[C@H]1C=C(F)C(=O)O1. The van der Waals surface area contributed by atoms with Gasteiger partial charge in [0.15, 0.2) is 8.32 Å². The number of hydrogen-bond donors (Lipinski definition) is 0. The third-order valence-electron chi connectivity index (χ3n) is 3.20. The van der Waals surface area contributed by atoms with E-state index in [0.717, 1.165) is 0 Å². The number of halogens is 1. The Morgan fingerprint density at radius 3 is 2.44 bits per heavy atom. The largest absolute Gasteiger partial charge is 0.450 e. The van der Waals surface area contributed by atoms with Gasteiger partial charge in [-0.15, -0.1) is 0 Å². The lowest BCUT2D eigenvalue weighted by molar-refractivity contribution is -0.142. The fraction of sp³-hybridized carbons (Fsp3) is 0.727. The molecule has 3 nitrogen and oxygen atoms in total. The average Bonchev–Trinajstić information content (AvgIpc) is 2.41. The van der Waals surface area contributed by atoms with Crippen LogP contribution in [0.25, 0.3) is 0 Å². The summed E-state index contributed by atoms with van der Waals surface area (Å²) in [5.74, 6) is -1.70. The molecule has 0 aromatic carbocycles. The Morgan fingerprint density at radius 1 is 1.50 bits per heavy atom. The lowest BCUT2D eigenvalue weighted by Gasteiger charge is -2.36. The molecule has 0 N–H and O–H groups in total. The van der Waals surface area contributed by atoms with Gasteiger partial charge in [0, 0.05) is 6.08 Å². The molecule has 1 heterocycles. The van der Waals surface area contributed by atoms with E-state index in [9.17, 15) is 9.18 Å². The molecule has 0 unspecified atom stereocenters. The molecule has 5 heteroatoms. The summed E-state index contributed by atoms with van der Waals surface area (Å²) in [7, 11) is -1.86. The summed E-state index contributed by atoms with van der Waals surface area (Å²) in [5, 5.41) is 0.0951. The molecule has 0 aliphatic carbocycles. The standard InChI is InChI=1S/C11H19FO3Si/c1-11(2,3)16(4,5)14-7-8-6-9(12)10(13)15-8/h6,8H,7H2,1-5H3/t8-/m1/s1. The maximum absolute atomic E-state index is 12.8. The second-order valence-corrected chi connectivity index (χ2v) is 10.3. The highest BCUT2D eigenvalue weighted by molar-refractivity contribution is 6.74. The van der Waals surface area contributed by atoms with Crippen molar-refractivity contribution in [3.8, 4) is 0 Å². The van der Waals surface area contributed by atoms with Gasteiger partial charge in [-0.05, 0) is 18.1 Å². The summed E-state index contributed by atoms with van der Waals surface area (Å²) in [6.45, 7) is 10.8. The Labute approximate surface area is 96.8 Å². The van der Waals surface area contributed by atoms with Crippen LogP contribution in [-0.4, -0.2) is 27.0 Å². The zero-order valence-corrected chi connectivity index (χ0v) is 11.5. The normalized spacial score (nSPS) is 22.0. The van der Waals surface area contributed by atoms with E-state index in [1.54, 1.807) is 0 Å². The van der Waals surface area contributed by atoms with E-state index in [2.05, 4.69) is 33.9 Å². The molecular formula is C11H19FO3Si. The average molecular weight is 246 g/mol. The lowest BCUT2D eigenvalue weighted by Crippen LogP contribution is -2.42. The Bertz CT molecular complexity index is 318. The Hall–Kier alpha value is -0.683. The maximum atomic E-state index is 12.8. The smallest absolute Gasteiger partial charge is 0.367 e. The summed E-state index contributed by atoms with van der Waals surface area (Å²) in [6, 6.07) is 0. The first-order chi connectivity index (χ1) is 7.13. The lowest BCUT2D eigenvalue weighted by atomic mass is 10.2. The summed E-state index contributed by atoms with van der Waals surface area (Å²) in [6.07, 6.45) is 0.608. The quantitative estimate of drug-likeness (QED) is 0.567. The molecule has 0 radical (unpaired) electrons. The number of esters is 1. The van der Waals surface area contributed by atoms with Crippen LogP contribution < -0.4 is 0 Å². The molecule has 1 aliphatic rings. The first kappa shape index (κ1) is 13.4. The number of cyclic esters (lactones) is 1. The summed E-state index contributed by atoms with van der Waals surface area (Å²) < 4.78 is 23.4. The van der Waals surface area contributed by atoms with Crippen LogP contribution >= 0.6 is 0 Å². The maximum Gasteiger partial charge on any atom is 0.367 e. The van der Waals surface area contributed by atoms with Crippen LogP contribution in [0.15, 0.2) is 11.9 Å². The van der Waals surface area contributed by atoms with Gasteiger partial charge in [0.25, 0.3) is 0 Å². The van der Waals surface area contributed by atoms with E-state index < -0.39 is 26.2 Å². The van der Waals surface area contributed by atoms with Gasteiger partial charge in [-0.1, -0.05) is 20.8 Å². The number of carbonyl (C=O) groups is 1. The molecule has 0 saturated carbocycles. The molecular weight excluding hydrogens is 227 g/mol. The van der Waals surface area contributed by atoms with Crippen molar-refractivity contribution in [2.75, 3.05) is 6.61 Å².